The average Bonchev–Trinajstić information content (AvgIpc) is 3.83. The van der Waals surface area contributed by atoms with Gasteiger partial charge in [-0.05, 0) is 110 Å². The van der Waals surface area contributed by atoms with Crippen molar-refractivity contribution in [3.05, 3.63) is 212 Å². The highest BCUT2D eigenvalue weighted by Gasteiger charge is 2.17. The summed E-state index contributed by atoms with van der Waals surface area (Å²) in [5, 5.41) is 5.12. The fourth-order valence-corrected chi connectivity index (χ4v) is 9.70. The number of hydrogen-bond acceptors (Lipinski definition) is 1. The van der Waals surface area contributed by atoms with Crippen molar-refractivity contribution in [2.75, 3.05) is 0 Å². The quantitative estimate of drug-likeness (QED) is 0.161. The summed E-state index contributed by atoms with van der Waals surface area (Å²) in [6.45, 7) is 0. The molecule has 0 fully saturated rings. The van der Waals surface area contributed by atoms with E-state index in [1.807, 2.05) is 11.3 Å². The number of benzene rings is 9. The molecular weight excluding hydrogens is 695 g/mol. The van der Waals surface area contributed by atoms with Crippen molar-refractivity contribution in [1.82, 2.24) is 4.57 Å². The predicted octanol–water partition coefficient (Wildman–Crippen LogP) is 15.5. The van der Waals surface area contributed by atoms with E-state index in [0.29, 0.717) is 0 Å². The van der Waals surface area contributed by atoms with Gasteiger partial charge in [0, 0.05) is 36.6 Å². The van der Waals surface area contributed by atoms with Gasteiger partial charge in [-0.2, -0.15) is 0 Å². The molecule has 0 aliphatic heterocycles. The maximum atomic E-state index is 2.42. The van der Waals surface area contributed by atoms with E-state index >= 15 is 0 Å². The third-order valence-electron chi connectivity index (χ3n) is 11.2. The summed E-state index contributed by atoms with van der Waals surface area (Å²) in [6, 6.07) is 77.7. The van der Waals surface area contributed by atoms with Crippen LogP contribution in [-0.4, -0.2) is 4.57 Å². The minimum absolute atomic E-state index is 1.16. The van der Waals surface area contributed by atoms with Crippen LogP contribution in [0.3, 0.4) is 0 Å². The third kappa shape index (κ3) is 5.54. The Hall–Kier alpha value is -7.00. The van der Waals surface area contributed by atoms with Gasteiger partial charge in [-0.3, -0.25) is 0 Å². The summed E-state index contributed by atoms with van der Waals surface area (Å²) in [4.78, 5) is 0. The number of aromatic nitrogens is 1. The van der Waals surface area contributed by atoms with Gasteiger partial charge >= 0.3 is 0 Å². The first kappa shape index (κ1) is 32.4. The molecule has 262 valence electrons. The number of nitrogens with zero attached hydrogens (tertiary/aromatic N) is 1. The van der Waals surface area contributed by atoms with Crippen molar-refractivity contribution in [3.63, 3.8) is 0 Å². The summed E-state index contributed by atoms with van der Waals surface area (Å²) in [7, 11) is 0. The Bertz CT molecular complexity index is 3220. The summed E-state index contributed by atoms with van der Waals surface area (Å²) < 4.78 is 5.06. The molecule has 0 radical (unpaired) electrons. The topological polar surface area (TPSA) is 4.93 Å². The van der Waals surface area contributed by atoms with Crippen LogP contribution in [0.15, 0.2) is 212 Å². The van der Waals surface area contributed by atoms with Crippen LogP contribution >= 0.6 is 11.3 Å². The summed E-state index contributed by atoms with van der Waals surface area (Å²) >= 11 is 1.89. The second kappa shape index (κ2) is 13.4. The molecule has 0 aliphatic carbocycles. The van der Waals surface area contributed by atoms with Crippen LogP contribution in [0, 0.1) is 0 Å². The van der Waals surface area contributed by atoms with Crippen LogP contribution in [0.5, 0.6) is 0 Å². The van der Waals surface area contributed by atoms with E-state index in [1.54, 1.807) is 0 Å². The highest BCUT2D eigenvalue weighted by atomic mass is 32.1. The van der Waals surface area contributed by atoms with E-state index in [2.05, 4.69) is 217 Å². The Balaban J connectivity index is 1.10. The Labute approximate surface area is 330 Å². The standard InChI is InChI=1S/C54H35NS/c1-3-13-36(14-4-1)38-25-27-39(28-26-38)42-31-43(33-44(32-42)46-21-12-22-49-48-20-8-10-24-53(48)56-54(46)49)41-29-30-52-50(35-41)47-19-7-9-23-51(47)55(52)45-18-11-17-40(34-45)37-15-5-2-6-16-37/h1-35H. The van der Waals surface area contributed by atoms with Crippen molar-refractivity contribution >= 4 is 53.3 Å². The normalized spacial score (nSPS) is 11.6. The number of rotatable bonds is 6. The lowest BCUT2D eigenvalue weighted by Crippen LogP contribution is -1.94. The zero-order valence-corrected chi connectivity index (χ0v) is 31.4. The molecule has 0 atom stereocenters. The van der Waals surface area contributed by atoms with Crippen molar-refractivity contribution in [2.24, 2.45) is 0 Å². The fraction of sp³-hybridized carbons (Fsp3) is 0. The maximum Gasteiger partial charge on any atom is 0.0541 e. The molecule has 1 nitrogen and oxygen atoms in total. The van der Waals surface area contributed by atoms with Gasteiger partial charge in [0.05, 0.1) is 11.0 Å². The largest absolute Gasteiger partial charge is 0.309 e. The Morgan fingerprint density at radius 1 is 0.286 bits per heavy atom. The number of para-hydroxylation sites is 1. The van der Waals surface area contributed by atoms with E-state index < -0.39 is 0 Å². The van der Waals surface area contributed by atoms with Crippen LogP contribution in [-0.2, 0) is 0 Å². The number of thiophene rings is 1. The van der Waals surface area contributed by atoms with Crippen LogP contribution in [0.2, 0.25) is 0 Å². The highest BCUT2D eigenvalue weighted by Crippen LogP contribution is 2.43. The van der Waals surface area contributed by atoms with Gasteiger partial charge in [0.15, 0.2) is 0 Å². The molecule has 0 spiro atoms. The second-order valence-electron chi connectivity index (χ2n) is 14.5. The summed E-state index contributed by atoms with van der Waals surface area (Å²) in [5.74, 6) is 0. The van der Waals surface area contributed by atoms with E-state index in [9.17, 15) is 0 Å². The molecule has 11 rings (SSSR count). The first-order valence-electron chi connectivity index (χ1n) is 19.2. The number of hydrogen-bond donors (Lipinski definition) is 0. The smallest absolute Gasteiger partial charge is 0.0541 e. The highest BCUT2D eigenvalue weighted by molar-refractivity contribution is 7.26. The lowest BCUT2D eigenvalue weighted by Gasteiger charge is -2.13. The van der Waals surface area contributed by atoms with E-state index in [-0.39, 0.29) is 0 Å². The summed E-state index contributed by atoms with van der Waals surface area (Å²) in [5.41, 5.74) is 15.7. The monoisotopic (exact) mass is 729 g/mol. The zero-order valence-electron chi connectivity index (χ0n) is 30.6. The van der Waals surface area contributed by atoms with Gasteiger partial charge in [0.1, 0.15) is 0 Å². The SMILES string of the molecule is c1ccc(-c2ccc(-c3cc(-c4ccc5c(c4)c4ccccc4n5-c4cccc(-c5ccccc5)c4)cc(-c4cccc5c4sc4ccccc45)c3)cc2)cc1. The molecule has 0 bridgehead atoms. The molecule has 0 amide bonds. The third-order valence-corrected chi connectivity index (χ3v) is 12.4. The van der Waals surface area contributed by atoms with Crippen molar-refractivity contribution in [3.8, 4) is 61.3 Å². The van der Waals surface area contributed by atoms with Gasteiger partial charge in [0.25, 0.3) is 0 Å². The van der Waals surface area contributed by atoms with Gasteiger partial charge in [0.2, 0.25) is 0 Å². The van der Waals surface area contributed by atoms with Crippen LogP contribution in [0.1, 0.15) is 0 Å². The van der Waals surface area contributed by atoms with Crippen LogP contribution < -0.4 is 0 Å². The van der Waals surface area contributed by atoms with Crippen LogP contribution in [0.25, 0.3) is 103 Å². The molecule has 0 N–H and O–H groups in total. The molecule has 0 saturated heterocycles. The molecule has 2 aromatic heterocycles. The van der Waals surface area contributed by atoms with Gasteiger partial charge < -0.3 is 4.57 Å². The maximum absolute atomic E-state index is 2.42. The lowest BCUT2D eigenvalue weighted by molar-refractivity contribution is 1.18. The van der Waals surface area contributed by atoms with E-state index in [4.69, 9.17) is 0 Å². The Kier molecular flexibility index (Phi) is 7.75. The second-order valence-corrected chi connectivity index (χ2v) is 15.6. The Morgan fingerprint density at radius 3 is 1.59 bits per heavy atom. The molecule has 9 aromatic carbocycles. The zero-order chi connectivity index (χ0) is 37.0. The van der Waals surface area contributed by atoms with Gasteiger partial charge in [-0.25, -0.2) is 0 Å². The molecule has 0 saturated carbocycles. The fourth-order valence-electron chi connectivity index (χ4n) is 8.46. The molecule has 11 aromatic rings. The molecule has 0 aliphatic rings. The number of fused-ring (bicyclic) bond motifs is 6. The minimum Gasteiger partial charge on any atom is -0.309 e. The molecular formula is C54H35NS. The average molecular weight is 730 g/mol. The summed E-state index contributed by atoms with van der Waals surface area (Å²) in [6.07, 6.45) is 0. The van der Waals surface area contributed by atoms with Gasteiger partial charge in [-0.1, -0.05) is 158 Å². The Morgan fingerprint density at radius 2 is 0.804 bits per heavy atom. The molecule has 56 heavy (non-hydrogen) atoms. The molecule has 2 heteroatoms. The van der Waals surface area contributed by atoms with Crippen molar-refractivity contribution in [2.45, 2.75) is 0 Å². The van der Waals surface area contributed by atoms with E-state index in [1.165, 1.54) is 97.6 Å². The molecule has 2 heterocycles. The lowest BCUT2D eigenvalue weighted by atomic mass is 9.91. The van der Waals surface area contributed by atoms with Crippen LogP contribution in [0.4, 0.5) is 0 Å². The first-order chi connectivity index (χ1) is 27.7. The first-order valence-corrected chi connectivity index (χ1v) is 20.0. The predicted molar refractivity (Wildman–Crippen MR) is 241 cm³/mol. The van der Waals surface area contributed by atoms with E-state index in [0.717, 1.165) is 5.69 Å². The van der Waals surface area contributed by atoms with Crippen molar-refractivity contribution < 1.29 is 0 Å². The van der Waals surface area contributed by atoms with Crippen molar-refractivity contribution in [1.29, 1.82) is 0 Å². The van der Waals surface area contributed by atoms with Gasteiger partial charge in [-0.15, -0.1) is 11.3 Å². The molecule has 0 unspecified atom stereocenters. The minimum atomic E-state index is 1.16.